The van der Waals surface area contributed by atoms with Crippen molar-refractivity contribution in [1.82, 2.24) is 5.32 Å². The molecular weight excluding hydrogens is 220 g/mol. The zero-order valence-electron chi connectivity index (χ0n) is 11.9. The molecule has 18 heavy (non-hydrogen) atoms. The van der Waals surface area contributed by atoms with E-state index >= 15 is 0 Å². The van der Waals surface area contributed by atoms with Gasteiger partial charge in [0, 0.05) is 12.6 Å². The first-order valence-electron chi connectivity index (χ1n) is 7.04. The van der Waals surface area contributed by atoms with Crippen molar-refractivity contribution in [2.45, 2.75) is 45.1 Å². The van der Waals surface area contributed by atoms with E-state index in [0.29, 0.717) is 12.6 Å². The molecule has 0 heterocycles. The third-order valence-corrected chi connectivity index (χ3v) is 3.76. The Labute approximate surface area is 111 Å². The zero-order valence-corrected chi connectivity index (χ0v) is 11.9. The number of hydrogen-bond donors (Lipinski definition) is 2. The average Bonchev–Trinajstić information content (AvgIpc) is 3.13. The maximum absolute atomic E-state index is 5.87. The van der Waals surface area contributed by atoms with E-state index in [1.807, 2.05) is 0 Å². The topological polar surface area (TPSA) is 38.0 Å². The summed E-state index contributed by atoms with van der Waals surface area (Å²) in [5.41, 5.74) is 8.78. The van der Waals surface area contributed by atoms with Crippen molar-refractivity contribution in [2.24, 2.45) is 11.7 Å². The van der Waals surface area contributed by atoms with E-state index in [0.717, 1.165) is 12.5 Å². The van der Waals surface area contributed by atoms with E-state index in [-0.39, 0.29) is 5.41 Å². The molecule has 2 rings (SSSR count). The van der Waals surface area contributed by atoms with Crippen LogP contribution in [0.1, 0.15) is 50.8 Å². The third kappa shape index (κ3) is 3.56. The average molecular weight is 246 g/mol. The first-order chi connectivity index (χ1) is 8.50. The lowest BCUT2D eigenvalue weighted by atomic mass is 9.86. The summed E-state index contributed by atoms with van der Waals surface area (Å²) in [6.45, 7) is 8.51. The lowest BCUT2D eigenvalue weighted by Crippen LogP contribution is -2.29. The Morgan fingerprint density at radius 1 is 1.22 bits per heavy atom. The second-order valence-corrected chi connectivity index (χ2v) is 6.51. The molecule has 2 heteroatoms. The summed E-state index contributed by atoms with van der Waals surface area (Å²) in [5, 5.41) is 3.58. The van der Waals surface area contributed by atoms with Gasteiger partial charge in [0.2, 0.25) is 0 Å². The maximum atomic E-state index is 5.87. The summed E-state index contributed by atoms with van der Waals surface area (Å²) in [5.74, 6) is 0.896. The molecule has 1 saturated carbocycles. The first kappa shape index (κ1) is 13.6. The highest BCUT2D eigenvalue weighted by Crippen LogP contribution is 2.29. The standard InChI is InChI=1S/C16H26N2/c1-16(2,3)14-8-6-13(7-9-14)15(10-17)18-11-12-4-5-12/h6-9,12,15,18H,4-5,10-11,17H2,1-3H3. The molecule has 1 unspecified atom stereocenters. The summed E-state index contributed by atoms with van der Waals surface area (Å²) < 4.78 is 0. The molecule has 1 fully saturated rings. The second-order valence-electron chi connectivity index (χ2n) is 6.51. The van der Waals surface area contributed by atoms with Gasteiger partial charge in [-0.05, 0) is 41.8 Å². The molecule has 3 N–H and O–H groups in total. The molecule has 1 atom stereocenters. The van der Waals surface area contributed by atoms with Crippen LogP contribution < -0.4 is 11.1 Å². The fraction of sp³-hybridized carbons (Fsp3) is 0.625. The molecule has 100 valence electrons. The van der Waals surface area contributed by atoms with Crippen LogP contribution in [-0.2, 0) is 5.41 Å². The Morgan fingerprint density at radius 2 is 1.83 bits per heavy atom. The third-order valence-electron chi connectivity index (χ3n) is 3.76. The Balaban J connectivity index is 2.01. The lowest BCUT2D eigenvalue weighted by molar-refractivity contribution is 0.521. The van der Waals surface area contributed by atoms with E-state index in [1.165, 1.54) is 24.0 Å². The summed E-state index contributed by atoms with van der Waals surface area (Å²) >= 11 is 0. The molecule has 1 aromatic rings. The van der Waals surface area contributed by atoms with E-state index in [4.69, 9.17) is 5.73 Å². The molecule has 0 bridgehead atoms. The van der Waals surface area contributed by atoms with Gasteiger partial charge in [-0.25, -0.2) is 0 Å². The predicted octanol–water partition coefficient (Wildman–Crippen LogP) is 2.98. The van der Waals surface area contributed by atoms with Crippen LogP contribution in [0.5, 0.6) is 0 Å². The van der Waals surface area contributed by atoms with Gasteiger partial charge in [0.25, 0.3) is 0 Å². The van der Waals surface area contributed by atoms with Crippen LogP contribution in [0.25, 0.3) is 0 Å². The number of hydrogen-bond acceptors (Lipinski definition) is 2. The van der Waals surface area contributed by atoms with Crippen LogP contribution in [-0.4, -0.2) is 13.1 Å². The van der Waals surface area contributed by atoms with Gasteiger partial charge in [-0.15, -0.1) is 0 Å². The van der Waals surface area contributed by atoms with Crippen LogP contribution in [0.2, 0.25) is 0 Å². The van der Waals surface area contributed by atoms with Crippen molar-refractivity contribution in [2.75, 3.05) is 13.1 Å². The predicted molar refractivity (Wildman–Crippen MR) is 77.7 cm³/mol. The van der Waals surface area contributed by atoms with Gasteiger partial charge >= 0.3 is 0 Å². The normalized spacial score (nSPS) is 17.8. The van der Waals surface area contributed by atoms with E-state index < -0.39 is 0 Å². The van der Waals surface area contributed by atoms with Crippen LogP contribution in [0.4, 0.5) is 0 Å². The molecule has 1 aliphatic rings. The van der Waals surface area contributed by atoms with Gasteiger partial charge in [-0.1, -0.05) is 45.0 Å². The molecule has 0 radical (unpaired) electrons. The number of nitrogens with one attached hydrogen (secondary N) is 1. The van der Waals surface area contributed by atoms with Gasteiger partial charge in [0.1, 0.15) is 0 Å². The van der Waals surface area contributed by atoms with Crippen molar-refractivity contribution in [3.8, 4) is 0 Å². The Morgan fingerprint density at radius 3 is 2.28 bits per heavy atom. The molecule has 0 aliphatic heterocycles. The molecule has 1 aliphatic carbocycles. The van der Waals surface area contributed by atoms with E-state index in [9.17, 15) is 0 Å². The highest BCUT2D eigenvalue weighted by Gasteiger charge is 2.22. The maximum Gasteiger partial charge on any atom is 0.0444 e. The summed E-state index contributed by atoms with van der Waals surface area (Å²) in [6.07, 6.45) is 2.76. The molecule has 0 aromatic heterocycles. The summed E-state index contributed by atoms with van der Waals surface area (Å²) in [7, 11) is 0. The van der Waals surface area contributed by atoms with Crippen molar-refractivity contribution in [1.29, 1.82) is 0 Å². The van der Waals surface area contributed by atoms with Gasteiger partial charge in [0.15, 0.2) is 0 Å². The van der Waals surface area contributed by atoms with Crippen molar-refractivity contribution in [3.05, 3.63) is 35.4 Å². The van der Waals surface area contributed by atoms with Crippen LogP contribution in [0, 0.1) is 5.92 Å². The van der Waals surface area contributed by atoms with Crippen LogP contribution in [0.15, 0.2) is 24.3 Å². The molecule has 0 saturated heterocycles. The van der Waals surface area contributed by atoms with Crippen molar-refractivity contribution < 1.29 is 0 Å². The van der Waals surface area contributed by atoms with Crippen LogP contribution in [0.3, 0.4) is 0 Å². The molecule has 1 aromatic carbocycles. The van der Waals surface area contributed by atoms with Gasteiger partial charge < -0.3 is 11.1 Å². The van der Waals surface area contributed by atoms with Crippen LogP contribution >= 0.6 is 0 Å². The van der Waals surface area contributed by atoms with Gasteiger partial charge in [0.05, 0.1) is 0 Å². The number of benzene rings is 1. The minimum absolute atomic E-state index is 0.220. The van der Waals surface area contributed by atoms with E-state index in [1.54, 1.807) is 0 Å². The summed E-state index contributed by atoms with van der Waals surface area (Å²) in [6, 6.07) is 9.21. The minimum Gasteiger partial charge on any atom is -0.329 e. The quantitative estimate of drug-likeness (QED) is 0.838. The fourth-order valence-corrected chi connectivity index (χ4v) is 2.18. The molecule has 2 nitrogen and oxygen atoms in total. The monoisotopic (exact) mass is 246 g/mol. The summed E-state index contributed by atoms with van der Waals surface area (Å²) in [4.78, 5) is 0. The number of rotatable bonds is 5. The first-order valence-corrected chi connectivity index (χ1v) is 7.04. The SMILES string of the molecule is CC(C)(C)c1ccc(C(CN)NCC2CC2)cc1. The van der Waals surface area contributed by atoms with E-state index in [2.05, 4.69) is 50.4 Å². The zero-order chi connectivity index (χ0) is 13.2. The lowest BCUT2D eigenvalue weighted by Gasteiger charge is -2.21. The smallest absolute Gasteiger partial charge is 0.0444 e. The Bertz CT molecular complexity index is 371. The molecular formula is C16H26N2. The van der Waals surface area contributed by atoms with Crippen molar-refractivity contribution in [3.63, 3.8) is 0 Å². The Hall–Kier alpha value is -0.860. The van der Waals surface area contributed by atoms with Crippen molar-refractivity contribution >= 4 is 0 Å². The highest BCUT2D eigenvalue weighted by atomic mass is 14.9. The molecule has 0 spiro atoms. The minimum atomic E-state index is 0.220. The largest absolute Gasteiger partial charge is 0.329 e. The number of nitrogens with two attached hydrogens (primary N) is 1. The molecule has 0 amide bonds. The second kappa shape index (κ2) is 5.41. The Kier molecular flexibility index (Phi) is 4.08. The van der Waals surface area contributed by atoms with Gasteiger partial charge in [-0.3, -0.25) is 0 Å². The van der Waals surface area contributed by atoms with Gasteiger partial charge in [-0.2, -0.15) is 0 Å². The fourth-order valence-electron chi connectivity index (χ4n) is 2.18. The highest BCUT2D eigenvalue weighted by molar-refractivity contribution is 5.29.